The third-order valence-electron chi connectivity index (χ3n) is 13.3. The van der Waals surface area contributed by atoms with Crippen LogP contribution in [0.3, 0.4) is 0 Å². The van der Waals surface area contributed by atoms with Crippen LogP contribution in [0.25, 0.3) is 0 Å². The van der Waals surface area contributed by atoms with Gasteiger partial charge in [-0.3, -0.25) is 4.79 Å². The molecule has 0 heterocycles. The zero-order chi connectivity index (χ0) is 51.5. The Morgan fingerprint density at radius 2 is 0.861 bits per heavy atom. The lowest BCUT2D eigenvalue weighted by molar-refractivity contribution is -0.144. The Morgan fingerprint density at radius 1 is 0.431 bits per heavy atom. The quantitative estimate of drug-likeness (QED) is 0.0305. The van der Waals surface area contributed by atoms with Gasteiger partial charge in [0.1, 0.15) is 28.6 Å². The SMILES string of the molecule is CCCCCC(C)(C)Oc1cccc(N(c2ccc(C)cc2)c2cccc(N(c3ccc(C)cc3)c3cccc(OC(=O)Oc4ccc(C(C)(C)c5ccc(OC(=O)C(C)(C)CCCC)cc5)cc4)c3)c2)c1. The lowest BCUT2D eigenvalue weighted by Gasteiger charge is -2.30. The van der Waals surface area contributed by atoms with E-state index in [-0.39, 0.29) is 11.6 Å². The molecular formula is C64H72N2O6. The minimum Gasteiger partial charge on any atom is -0.488 e. The number of benzene rings is 7. The largest absolute Gasteiger partial charge is 0.519 e. The molecule has 7 aromatic rings. The number of carbonyl (C=O) groups is 2. The molecule has 7 aromatic carbocycles. The van der Waals surface area contributed by atoms with Crippen molar-refractivity contribution < 1.29 is 28.5 Å². The molecule has 0 unspecified atom stereocenters. The number of esters is 1. The minimum atomic E-state index is -0.852. The first-order chi connectivity index (χ1) is 34.4. The van der Waals surface area contributed by atoms with E-state index in [0.717, 1.165) is 88.7 Å². The Labute approximate surface area is 428 Å². The van der Waals surface area contributed by atoms with E-state index >= 15 is 0 Å². The van der Waals surface area contributed by atoms with Gasteiger partial charge in [0.05, 0.1) is 5.41 Å². The van der Waals surface area contributed by atoms with Gasteiger partial charge < -0.3 is 28.7 Å². The molecule has 0 radical (unpaired) electrons. The maximum atomic E-state index is 13.4. The van der Waals surface area contributed by atoms with Gasteiger partial charge in [-0.2, -0.15) is 0 Å². The van der Waals surface area contributed by atoms with Crippen molar-refractivity contribution in [3.05, 3.63) is 192 Å². The second kappa shape index (κ2) is 23.3. The maximum absolute atomic E-state index is 13.4. The summed E-state index contributed by atoms with van der Waals surface area (Å²) in [4.78, 5) is 30.7. The number of rotatable bonds is 21. The summed E-state index contributed by atoms with van der Waals surface area (Å²) >= 11 is 0. The van der Waals surface area contributed by atoms with E-state index in [2.05, 4.69) is 156 Å². The number of nitrogens with zero attached hydrogens (tertiary/aromatic N) is 2. The van der Waals surface area contributed by atoms with Crippen LogP contribution in [0.2, 0.25) is 0 Å². The highest BCUT2D eigenvalue weighted by molar-refractivity contribution is 5.84. The smallest absolute Gasteiger partial charge is 0.488 e. The molecule has 7 rings (SSSR count). The van der Waals surface area contributed by atoms with E-state index in [1.807, 2.05) is 74.5 Å². The Morgan fingerprint density at radius 3 is 1.36 bits per heavy atom. The van der Waals surface area contributed by atoms with E-state index in [0.29, 0.717) is 17.2 Å². The number of aryl methyl sites for hydroxylation is 2. The fraction of sp³-hybridized carbons (Fsp3) is 0.312. The zero-order valence-corrected chi connectivity index (χ0v) is 44.0. The van der Waals surface area contributed by atoms with E-state index in [9.17, 15) is 9.59 Å². The molecule has 8 heteroatoms. The molecular weight excluding hydrogens is 893 g/mol. The second-order valence-electron chi connectivity index (χ2n) is 20.7. The number of anilines is 6. The maximum Gasteiger partial charge on any atom is 0.519 e. The summed E-state index contributed by atoms with van der Waals surface area (Å²) < 4.78 is 24.0. The fourth-order valence-corrected chi connectivity index (χ4v) is 8.82. The van der Waals surface area contributed by atoms with Gasteiger partial charge >= 0.3 is 12.1 Å². The number of hydrogen-bond acceptors (Lipinski definition) is 8. The van der Waals surface area contributed by atoms with E-state index in [1.54, 1.807) is 18.2 Å². The predicted octanol–water partition coefficient (Wildman–Crippen LogP) is 18.0. The molecule has 0 amide bonds. The molecule has 0 spiro atoms. The molecule has 72 heavy (non-hydrogen) atoms. The Bertz CT molecular complexity index is 2880. The van der Waals surface area contributed by atoms with Crippen molar-refractivity contribution in [1.82, 2.24) is 0 Å². The number of hydrogen-bond donors (Lipinski definition) is 0. The summed E-state index contributed by atoms with van der Waals surface area (Å²) in [7, 11) is 0. The molecule has 374 valence electrons. The highest BCUT2D eigenvalue weighted by atomic mass is 16.7. The molecule has 0 aliphatic rings. The van der Waals surface area contributed by atoms with Crippen LogP contribution in [0.1, 0.15) is 123 Å². The molecule has 0 fully saturated rings. The van der Waals surface area contributed by atoms with Gasteiger partial charge in [-0.25, -0.2) is 4.79 Å². The Hall–Kier alpha value is -7.32. The summed E-state index contributed by atoms with van der Waals surface area (Å²) in [5.41, 5.74) is 8.70. The molecule has 0 aliphatic heterocycles. The second-order valence-corrected chi connectivity index (χ2v) is 20.7. The van der Waals surface area contributed by atoms with Crippen molar-refractivity contribution in [2.75, 3.05) is 9.80 Å². The number of unbranched alkanes of at least 4 members (excludes halogenated alkanes) is 3. The molecule has 8 nitrogen and oxygen atoms in total. The molecule has 0 N–H and O–H groups in total. The minimum absolute atomic E-state index is 0.224. The molecule has 0 saturated carbocycles. The van der Waals surface area contributed by atoms with Crippen LogP contribution in [-0.4, -0.2) is 17.7 Å². The summed E-state index contributed by atoms with van der Waals surface area (Å²) in [6.07, 6.45) is 6.38. The average molecular weight is 965 g/mol. The summed E-state index contributed by atoms with van der Waals surface area (Å²) in [5.74, 6) is 1.81. The van der Waals surface area contributed by atoms with Crippen molar-refractivity contribution in [3.63, 3.8) is 0 Å². The fourth-order valence-electron chi connectivity index (χ4n) is 8.82. The molecule has 0 saturated heterocycles. The molecule has 0 bridgehead atoms. The lowest BCUT2D eigenvalue weighted by Crippen LogP contribution is -2.29. The van der Waals surface area contributed by atoms with Crippen LogP contribution in [-0.2, 0) is 10.2 Å². The van der Waals surface area contributed by atoms with E-state index < -0.39 is 17.0 Å². The first-order valence-electron chi connectivity index (χ1n) is 25.5. The highest BCUT2D eigenvalue weighted by Gasteiger charge is 2.30. The van der Waals surface area contributed by atoms with Crippen molar-refractivity contribution in [2.45, 2.75) is 125 Å². The van der Waals surface area contributed by atoms with Gasteiger partial charge in [-0.15, -0.1) is 0 Å². The van der Waals surface area contributed by atoms with Crippen LogP contribution in [0, 0.1) is 19.3 Å². The number of ether oxygens (including phenoxy) is 4. The summed E-state index contributed by atoms with van der Waals surface area (Å²) in [5, 5.41) is 0. The zero-order valence-electron chi connectivity index (χ0n) is 44.0. The van der Waals surface area contributed by atoms with Gasteiger partial charge in [0.2, 0.25) is 0 Å². The van der Waals surface area contributed by atoms with Crippen LogP contribution in [0.5, 0.6) is 23.0 Å². The van der Waals surface area contributed by atoms with Gasteiger partial charge in [-0.1, -0.05) is 131 Å². The summed E-state index contributed by atoms with van der Waals surface area (Å²) in [6.45, 7) is 21.0. The first-order valence-corrected chi connectivity index (χ1v) is 25.5. The Balaban J connectivity index is 1.10. The van der Waals surface area contributed by atoms with Crippen LogP contribution < -0.4 is 28.7 Å². The average Bonchev–Trinajstić information content (AvgIpc) is 3.35. The van der Waals surface area contributed by atoms with Gasteiger partial charge in [-0.05, 0) is 163 Å². The molecule has 0 aromatic heterocycles. The normalized spacial score (nSPS) is 11.7. The van der Waals surface area contributed by atoms with Gasteiger partial charge in [0.25, 0.3) is 0 Å². The van der Waals surface area contributed by atoms with E-state index in [1.165, 1.54) is 18.4 Å². The van der Waals surface area contributed by atoms with Gasteiger partial charge in [0, 0.05) is 51.7 Å². The standard InChI is InChI=1S/C64H72N2O6/c1-11-13-15-42-63(7,8)72-59-24-18-22-55(45-59)66(51-35-27-47(4)28-36-51)53-20-16-19-52(43-53)65(50-33-25-46(3)26-34-50)54-21-17-23-58(44-54)71-61(68)70-57-39-31-49(32-40-57)64(9,10)48-29-37-56(38-30-48)69-60(67)62(5,6)41-14-12-2/h16-40,43-45H,11-15,41-42H2,1-10H3. The third kappa shape index (κ3) is 13.5. The predicted molar refractivity (Wildman–Crippen MR) is 295 cm³/mol. The van der Waals surface area contributed by atoms with Crippen LogP contribution in [0.4, 0.5) is 38.9 Å². The van der Waals surface area contributed by atoms with Gasteiger partial charge in [0.15, 0.2) is 0 Å². The van der Waals surface area contributed by atoms with Crippen molar-refractivity contribution in [1.29, 1.82) is 0 Å². The van der Waals surface area contributed by atoms with Crippen molar-refractivity contribution in [2.24, 2.45) is 5.41 Å². The van der Waals surface area contributed by atoms with E-state index in [4.69, 9.17) is 18.9 Å². The Kier molecular flexibility index (Phi) is 17.0. The third-order valence-corrected chi connectivity index (χ3v) is 13.3. The first kappa shape index (κ1) is 52.5. The molecule has 0 aliphatic carbocycles. The lowest BCUT2D eigenvalue weighted by atomic mass is 9.78. The van der Waals surface area contributed by atoms with Crippen LogP contribution in [0.15, 0.2) is 170 Å². The van der Waals surface area contributed by atoms with Crippen molar-refractivity contribution >= 4 is 46.2 Å². The topological polar surface area (TPSA) is 77.5 Å². The van der Waals surface area contributed by atoms with Crippen LogP contribution >= 0.6 is 0 Å². The summed E-state index contributed by atoms with van der Waals surface area (Å²) in [6, 6.07) is 56.3. The monoisotopic (exact) mass is 965 g/mol. The number of carbonyl (C=O) groups excluding carboxylic acids is 2. The molecule has 0 atom stereocenters. The highest BCUT2D eigenvalue weighted by Crippen LogP contribution is 2.43. The van der Waals surface area contributed by atoms with Crippen molar-refractivity contribution in [3.8, 4) is 23.0 Å².